The van der Waals surface area contributed by atoms with Gasteiger partial charge in [0.2, 0.25) is 5.91 Å². The van der Waals surface area contributed by atoms with Crippen molar-refractivity contribution in [2.75, 3.05) is 39.6 Å². The Morgan fingerprint density at radius 1 is 1.23 bits per heavy atom. The van der Waals surface area contributed by atoms with Crippen molar-refractivity contribution in [2.24, 2.45) is 5.92 Å². The summed E-state index contributed by atoms with van der Waals surface area (Å²) in [6.07, 6.45) is 1.41. The van der Waals surface area contributed by atoms with Gasteiger partial charge in [-0.05, 0) is 25.0 Å². The quantitative estimate of drug-likeness (QED) is 0.929. The fraction of sp³-hybridized carbons (Fsp3) is 0.500. The molecule has 0 unspecified atom stereocenters. The van der Waals surface area contributed by atoms with E-state index in [1.165, 1.54) is 0 Å². The zero-order chi connectivity index (χ0) is 16.1. The number of hydrogen-bond donors (Lipinski definition) is 1. The Morgan fingerprint density at radius 3 is 2.45 bits per heavy atom. The summed E-state index contributed by atoms with van der Waals surface area (Å²) in [5, 5.41) is 2.86. The van der Waals surface area contributed by atoms with E-state index in [9.17, 15) is 9.59 Å². The molecule has 6 nitrogen and oxygen atoms in total. The number of amides is 3. The van der Waals surface area contributed by atoms with Crippen LogP contribution in [0.4, 0.5) is 10.5 Å². The second kappa shape index (κ2) is 7.15. The molecule has 1 aromatic rings. The first kappa shape index (κ1) is 16.1. The maximum absolute atomic E-state index is 12.3. The van der Waals surface area contributed by atoms with Gasteiger partial charge < -0.3 is 19.9 Å². The van der Waals surface area contributed by atoms with Crippen molar-refractivity contribution >= 4 is 17.6 Å². The number of carbonyl (C=O) groups excluding carboxylic acids is 2. The minimum atomic E-state index is -0.153. The lowest BCUT2D eigenvalue weighted by atomic mass is 9.96. The number of ether oxygens (including phenoxy) is 1. The van der Waals surface area contributed by atoms with Crippen LogP contribution in [0.2, 0.25) is 0 Å². The lowest BCUT2D eigenvalue weighted by Gasteiger charge is -2.32. The fourth-order valence-corrected chi connectivity index (χ4v) is 2.64. The van der Waals surface area contributed by atoms with E-state index >= 15 is 0 Å². The summed E-state index contributed by atoms with van der Waals surface area (Å²) in [5.41, 5.74) is 0.654. The summed E-state index contributed by atoms with van der Waals surface area (Å²) in [6, 6.07) is 7.16. The molecule has 1 aliphatic heterocycles. The fourth-order valence-electron chi connectivity index (χ4n) is 2.64. The van der Waals surface area contributed by atoms with Crippen molar-refractivity contribution in [3.05, 3.63) is 24.3 Å². The Labute approximate surface area is 131 Å². The molecule has 1 saturated heterocycles. The SMILES string of the molecule is COc1ccccc1NC(=O)N1CCC(C(=O)N(C)C)CC1. The predicted molar refractivity (Wildman–Crippen MR) is 85.0 cm³/mol. The molecule has 0 saturated carbocycles. The number of piperidine rings is 1. The molecular weight excluding hydrogens is 282 g/mol. The van der Waals surface area contributed by atoms with Gasteiger partial charge in [0.1, 0.15) is 5.75 Å². The molecule has 0 aromatic heterocycles. The number of benzene rings is 1. The number of nitrogens with one attached hydrogen (secondary N) is 1. The van der Waals surface area contributed by atoms with E-state index in [0.29, 0.717) is 37.4 Å². The van der Waals surface area contributed by atoms with Gasteiger partial charge in [-0.1, -0.05) is 12.1 Å². The number of methoxy groups -OCH3 is 1. The van der Waals surface area contributed by atoms with Gasteiger partial charge in [-0.15, -0.1) is 0 Å². The number of likely N-dealkylation sites (tertiary alicyclic amines) is 1. The molecule has 0 radical (unpaired) electrons. The minimum Gasteiger partial charge on any atom is -0.495 e. The molecule has 0 atom stereocenters. The van der Waals surface area contributed by atoms with Crippen LogP contribution >= 0.6 is 0 Å². The van der Waals surface area contributed by atoms with Gasteiger partial charge in [0.25, 0.3) is 0 Å². The van der Waals surface area contributed by atoms with Crippen LogP contribution in [0.3, 0.4) is 0 Å². The molecule has 1 aliphatic rings. The van der Waals surface area contributed by atoms with Crippen LogP contribution in [-0.4, -0.2) is 56.0 Å². The molecule has 1 heterocycles. The van der Waals surface area contributed by atoms with Gasteiger partial charge in [0.15, 0.2) is 0 Å². The largest absolute Gasteiger partial charge is 0.495 e. The van der Waals surface area contributed by atoms with Crippen molar-refractivity contribution in [1.29, 1.82) is 0 Å². The smallest absolute Gasteiger partial charge is 0.321 e. The highest BCUT2D eigenvalue weighted by molar-refractivity contribution is 5.91. The highest BCUT2D eigenvalue weighted by Gasteiger charge is 2.28. The lowest BCUT2D eigenvalue weighted by molar-refractivity contribution is -0.134. The monoisotopic (exact) mass is 305 g/mol. The molecule has 22 heavy (non-hydrogen) atoms. The molecule has 2 rings (SSSR count). The third-order valence-corrected chi connectivity index (χ3v) is 3.92. The molecule has 120 valence electrons. The summed E-state index contributed by atoms with van der Waals surface area (Å²) < 4.78 is 5.23. The molecule has 1 aromatic carbocycles. The van der Waals surface area contributed by atoms with Crippen LogP contribution in [0.5, 0.6) is 5.75 Å². The second-order valence-electron chi connectivity index (χ2n) is 5.62. The van der Waals surface area contributed by atoms with Gasteiger partial charge in [-0.25, -0.2) is 4.79 Å². The molecule has 0 aliphatic carbocycles. The van der Waals surface area contributed by atoms with E-state index in [1.807, 2.05) is 12.1 Å². The van der Waals surface area contributed by atoms with Crippen molar-refractivity contribution < 1.29 is 14.3 Å². The lowest BCUT2D eigenvalue weighted by Crippen LogP contribution is -2.44. The maximum atomic E-state index is 12.3. The first-order chi connectivity index (χ1) is 10.5. The highest BCUT2D eigenvalue weighted by Crippen LogP contribution is 2.24. The molecule has 0 spiro atoms. The van der Waals surface area contributed by atoms with E-state index in [1.54, 1.807) is 43.1 Å². The maximum Gasteiger partial charge on any atom is 0.321 e. The zero-order valence-electron chi connectivity index (χ0n) is 13.3. The minimum absolute atomic E-state index is 0.0188. The van der Waals surface area contributed by atoms with Gasteiger partial charge in [0, 0.05) is 33.1 Å². The first-order valence-corrected chi connectivity index (χ1v) is 7.43. The van der Waals surface area contributed by atoms with Crippen LogP contribution < -0.4 is 10.1 Å². The van der Waals surface area contributed by atoms with Gasteiger partial charge >= 0.3 is 6.03 Å². The number of rotatable bonds is 3. The average Bonchev–Trinajstić information content (AvgIpc) is 2.54. The molecular formula is C16H23N3O3. The second-order valence-corrected chi connectivity index (χ2v) is 5.62. The van der Waals surface area contributed by atoms with E-state index in [2.05, 4.69) is 5.32 Å². The topological polar surface area (TPSA) is 61.9 Å². The summed E-state index contributed by atoms with van der Waals surface area (Å²) in [6.45, 7) is 1.18. The number of carbonyl (C=O) groups is 2. The zero-order valence-corrected chi connectivity index (χ0v) is 13.3. The van der Waals surface area contributed by atoms with E-state index in [4.69, 9.17) is 4.74 Å². The highest BCUT2D eigenvalue weighted by atomic mass is 16.5. The third kappa shape index (κ3) is 3.69. The number of urea groups is 1. The number of nitrogens with zero attached hydrogens (tertiary/aromatic N) is 2. The molecule has 0 bridgehead atoms. The van der Waals surface area contributed by atoms with E-state index < -0.39 is 0 Å². The Balaban J connectivity index is 1.91. The van der Waals surface area contributed by atoms with Crippen LogP contribution in [0.15, 0.2) is 24.3 Å². The average molecular weight is 305 g/mol. The third-order valence-electron chi connectivity index (χ3n) is 3.92. The number of anilines is 1. The summed E-state index contributed by atoms with van der Waals surface area (Å²) in [5.74, 6) is 0.795. The van der Waals surface area contributed by atoms with Crippen molar-refractivity contribution in [2.45, 2.75) is 12.8 Å². The molecule has 1 N–H and O–H groups in total. The Hall–Kier alpha value is -2.24. The summed E-state index contributed by atoms with van der Waals surface area (Å²) in [7, 11) is 5.11. The van der Waals surface area contributed by atoms with E-state index in [0.717, 1.165) is 0 Å². The van der Waals surface area contributed by atoms with Crippen LogP contribution in [0.1, 0.15) is 12.8 Å². The van der Waals surface area contributed by atoms with Gasteiger partial charge in [-0.3, -0.25) is 4.79 Å². The molecule has 1 fully saturated rings. The normalized spacial score (nSPS) is 15.3. The summed E-state index contributed by atoms with van der Waals surface area (Å²) >= 11 is 0. The van der Waals surface area contributed by atoms with Crippen molar-refractivity contribution in [3.63, 3.8) is 0 Å². The van der Waals surface area contributed by atoms with Crippen LogP contribution in [0, 0.1) is 5.92 Å². The number of hydrogen-bond acceptors (Lipinski definition) is 3. The first-order valence-electron chi connectivity index (χ1n) is 7.43. The molecule has 3 amide bonds. The van der Waals surface area contributed by atoms with Gasteiger partial charge in [-0.2, -0.15) is 0 Å². The Bertz CT molecular complexity index is 537. The van der Waals surface area contributed by atoms with E-state index in [-0.39, 0.29) is 17.9 Å². The summed E-state index contributed by atoms with van der Waals surface area (Å²) in [4.78, 5) is 27.6. The van der Waals surface area contributed by atoms with Crippen molar-refractivity contribution in [1.82, 2.24) is 9.80 Å². The van der Waals surface area contributed by atoms with Gasteiger partial charge in [0.05, 0.1) is 12.8 Å². The van der Waals surface area contributed by atoms with Crippen LogP contribution in [-0.2, 0) is 4.79 Å². The standard InChI is InChI=1S/C16H23N3O3/c1-18(2)15(20)12-8-10-19(11-9-12)16(21)17-13-6-4-5-7-14(13)22-3/h4-7,12H,8-11H2,1-3H3,(H,17,21). The Kier molecular flexibility index (Phi) is 5.25. The predicted octanol–water partition coefficient (Wildman–Crippen LogP) is 2.03. The number of para-hydroxylation sites is 2. The Morgan fingerprint density at radius 2 is 1.86 bits per heavy atom. The van der Waals surface area contributed by atoms with Crippen molar-refractivity contribution in [3.8, 4) is 5.75 Å². The molecule has 6 heteroatoms. The van der Waals surface area contributed by atoms with Crippen LogP contribution in [0.25, 0.3) is 0 Å².